The average molecular weight is 591 g/mol. The van der Waals surface area contributed by atoms with E-state index in [0.29, 0.717) is 11.2 Å². The molecule has 42 heavy (non-hydrogen) atoms. The van der Waals surface area contributed by atoms with Crippen LogP contribution in [0.25, 0.3) is 11.0 Å². The minimum atomic E-state index is -4.58. The number of H-pyrrole nitrogens is 1. The Morgan fingerprint density at radius 3 is 2.57 bits per heavy atom. The van der Waals surface area contributed by atoms with Gasteiger partial charge in [0.1, 0.15) is 11.7 Å². The van der Waals surface area contributed by atoms with Crippen LogP contribution in [0, 0.1) is 5.92 Å². The van der Waals surface area contributed by atoms with Crippen LogP contribution in [0.2, 0.25) is 0 Å². The summed E-state index contributed by atoms with van der Waals surface area (Å²) in [7, 11) is 3.15. The van der Waals surface area contributed by atoms with Crippen LogP contribution >= 0.6 is 0 Å². The molecular formula is C28H33F3N6O5. The third-order valence-electron chi connectivity index (χ3n) is 6.29. The van der Waals surface area contributed by atoms with Gasteiger partial charge in [0.2, 0.25) is 11.8 Å². The molecule has 0 radical (unpaired) electrons. The number of halogens is 3. The number of alkyl halides is 3. The molecule has 3 rings (SSSR count). The molecule has 0 aliphatic heterocycles. The van der Waals surface area contributed by atoms with E-state index in [4.69, 9.17) is 5.11 Å². The van der Waals surface area contributed by atoms with Gasteiger partial charge in [0.15, 0.2) is 0 Å². The fourth-order valence-electron chi connectivity index (χ4n) is 4.30. The van der Waals surface area contributed by atoms with Crippen molar-refractivity contribution in [2.24, 2.45) is 5.92 Å². The molecule has 0 aliphatic rings. The molecule has 11 nitrogen and oxygen atoms in total. The predicted molar refractivity (Wildman–Crippen MR) is 150 cm³/mol. The Labute approximate surface area is 239 Å². The number of allylic oxidation sites excluding steroid dienone is 1. The monoisotopic (exact) mass is 590 g/mol. The van der Waals surface area contributed by atoms with Crippen LogP contribution in [0.4, 0.5) is 23.7 Å². The van der Waals surface area contributed by atoms with Gasteiger partial charge in [-0.15, -0.1) is 0 Å². The van der Waals surface area contributed by atoms with Crippen LogP contribution in [0.15, 0.2) is 47.5 Å². The van der Waals surface area contributed by atoms with Gasteiger partial charge < -0.3 is 30.2 Å². The number of aromatic nitrogens is 3. The molecule has 3 aromatic heterocycles. The minimum absolute atomic E-state index is 0.0249. The van der Waals surface area contributed by atoms with Gasteiger partial charge in [-0.1, -0.05) is 19.9 Å². The van der Waals surface area contributed by atoms with Crippen LogP contribution < -0.4 is 16.2 Å². The summed E-state index contributed by atoms with van der Waals surface area (Å²) in [5.41, 5.74) is -0.446. The van der Waals surface area contributed by atoms with E-state index in [1.807, 2.05) is 13.8 Å². The fraction of sp³-hybridized carbons (Fsp3) is 0.393. The molecule has 1 unspecified atom stereocenters. The Bertz CT molecular complexity index is 1540. The molecule has 0 saturated heterocycles. The van der Waals surface area contributed by atoms with E-state index < -0.39 is 35.3 Å². The van der Waals surface area contributed by atoms with Crippen molar-refractivity contribution < 1.29 is 32.7 Å². The van der Waals surface area contributed by atoms with Gasteiger partial charge in [0.25, 0.3) is 5.56 Å². The average Bonchev–Trinajstić information content (AvgIpc) is 3.30. The fourth-order valence-corrected chi connectivity index (χ4v) is 4.30. The largest absolute Gasteiger partial charge is 0.465 e. The Hall–Kier alpha value is -4.62. The normalized spacial score (nSPS) is 12.6. The molecule has 0 aromatic carbocycles. The van der Waals surface area contributed by atoms with E-state index in [2.05, 4.69) is 20.6 Å². The zero-order chi connectivity index (χ0) is 31.2. The molecule has 0 aliphatic carbocycles. The smallest absolute Gasteiger partial charge is 0.418 e. The van der Waals surface area contributed by atoms with E-state index >= 15 is 0 Å². The van der Waals surface area contributed by atoms with Gasteiger partial charge in [-0.2, -0.15) is 13.2 Å². The number of hydrogen-bond acceptors (Lipinski definition) is 5. The van der Waals surface area contributed by atoms with Crippen LogP contribution in [0.3, 0.4) is 0 Å². The molecule has 3 heterocycles. The summed E-state index contributed by atoms with van der Waals surface area (Å²) in [6.45, 7) is 3.58. The molecule has 0 bridgehead atoms. The van der Waals surface area contributed by atoms with Gasteiger partial charge in [0, 0.05) is 32.2 Å². The second-order valence-electron chi connectivity index (χ2n) is 10.4. The van der Waals surface area contributed by atoms with Gasteiger partial charge in [-0.05, 0) is 55.0 Å². The maximum Gasteiger partial charge on any atom is 0.418 e. The summed E-state index contributed by atoms with van der Waals surface area (Å²) in [5, 5.41) is 13.7. The van der Waals surface area contributed by atoms with Crippen LogP contribution in [-0.4, -0.2) is 62.6 Å². The number of rotatable bonds is 11. The number of carbonyl (C=O) groups excluding carboxylic acids is 2. The first-order chi connectivity index (χ1) is 19.7. The summed E-state index contributed by atoms with van der Waals surface area (Å²) in [6, 6.07) is 3.21. The quantitative estimate of drug-likeness (QED) is 0.248. The third-order valence-corrected chi connectivity index (χ3v) is 6.29. The number of pyridine rings is 2. The summed E-state index contributed by atoms with van der Waals surface area (Å²) < 4.78 is 42.3. The lowest BCUT2D eigenvalue weighted by molar-refractivity contribution is -0.138. The number of amides is 3. The Morgan fingerprint density at radius 1 is 1.24 bits per heavy atom. The van der Waals surface area contributed by atoms with E-state index in [9.17, 15) is 32.3 Å². The van der Waals surface area contributed by atoms with Crippen molar-refractivity contribution in [2.75, 3.05) is 19.4 Å². The highest BCUT2D eigenvalue weighted by atomic mass is 19.4. The number of anilines is 1. The molecule has 3 amide bonds. The first-order valence-corrected chi connectivity index (χ1v) is 13.1. The molecule has 0 fully saturated rings. The zero-order valence-electron chi connectivity index (χ0n) is 23.6. The molecule has 1 atom stereocenters. The van der Waals surface area contributed by atoms with Gasteiger partial charge in [0.05, 0.1) is 23.1 Å². The van der Waals surface area contributed by atoms with Crippen molar-refractivity contribution >= 4 is 34.6 Å². The summed E-state index contributed by atoms with van der Waals surface area (Å²) in [5.74, 6) is -1.09. The molecule has 0 spiro atoms. The number of likely N-dealkylation sites (N-methyl/N-ethyl adjacent to an activating group) is 1. The number of carbonyl (C=O) groups is 3. The number of fused-ring (bicyclic) bond motifs is 1. The van der Waals surface area contributed by atoms with Gasteiger partial charge in [-0.3, -0.25) is 19.4 Å². The molecule has 4 N–H and O–H groups in total. The second kappa shape index (κ2) is 13.4. The van der Waals surface area contributed by atoms with Crippen LogP contribution in [0.1, 0.15) is 43.5 Å². The summed E-state index contributed by atoms with van der Waals surface area (Å²) in [4.78, 5) is 57.2. The maximum absolute atomic E-state index is 13.7. The highest BCUT2D eigenvalue weighted by Crippen LogP contribution is 2.35. The van der Waals surface area contributed by atoms with Crippen molar-refractivity contribution in [1.82, 2.24) is 24.8 Å². The predicted octanol–water partition coefficient (Wildman–Crippen LogP) is 3.99. The van der Waals surface area contributed by atoms with Crippen LogP contribution in [0.5, 0.6) is 0 Å². The van der Waals surface area contributed by atoms with Crippen molar-refractivity contribution in [1.29, 1.82) is 0 Å². The molecular weight excluding hydrogens is 557 g/mol. The number of aromatic amines is 1. The first kappa shape index (κ1) is 31.9. The van der Waals surface area contributed by atoms with Gasteiger partial charge >= 0.3 is 12.3 Å². The van der Waals surface area contributed by atoms with E-state index in [1.165, 1.54) is 39.9 Å². The van der Waals surface area contributed by atoms with E-state index in [-0.39, 0.29) is 54.4 Å². The highest BCUT2D eigenvalue weighted by molar-refractivity contribution is 5.96. The van der Waals surface area contributed by atoms with Crippen LogP contribution in [-0.2, 0) is 28.7 Å². The highest BCUT2D eigenvalue weighted by Gasteiger charge is 2.35. The molecule has 3 aromatic rings. The lowest BCUT2D eigenvalue weighted by Gasteiger charge is -2.16. The Morgan fingerprint density at radius 2 is 1.95 bits per heavy atom. The lowest BCUT2D eigenvalue weighted by Crippen LogP contribution is -2.44. The van der Waals surface area contributed by atoms with Crippen molar-refractivity contribution in [3.8, 4) is 0 Å². The summed E-state index contributed by atoms with van der Waals surface area (Å²) in [6.07, 6.45) is -0.522. The maximum atomic E-state index is 13.7. The van der Waals surface area contributed by atoms with Crippen molar-refractivity contribution in [2.45, 2.75) is 51.9 Å². The Balaban J connectivity index is 1.82. The third kappa shape index (κ3) is 8.21. The zero-order valence-corrected chi connectivity index (χ0v) is 23.6. The lowest BCUT2D eigenvalue weighted by atomic mass is 9.98. The number of nitrogens with one attached hydrogen (secondary N) is 3. The Kier molecular flexibility index (Phi) is 10.1. The number of carboxylic acid groups (broad SMARTS) is 1. The standard InChI is InChI=1S/C28H33F3N6O5/c1-16(2)12-18-19(28(29,30)31)14-32-22-13-17(33-24(18)22)15-37-11-7-9-21(26(37)40)34-25(39)20(35-27(41)42)8-5-6-10-23(38)36(3)4/h6-7,9-11,13-14,16,20,33,35H,5,8,12,15H2,1-4H3,(H,34,39)(H,41,42)/b10-6+. The van der Waals surface area contributed by atoms with Gasteiger partial charge in [-0.25, -0.2) is 4.79 Å². The summed E-state index contributed by atoms with van der Waals surface area (Å²) >= 11 is 0. The topological polar surface area (TPSA) is 149 Å². The number of nitrogens with zero attached hydrogens (tertiary/aromatic N) is 3. The molecule has 226 valence electrons. The van der Waals surface area contributed by atoms with Crippen molar-refractivity contribution in [3.63, 3.8) is 0 Å². The first-order valence-electron chi connectivity index (χ1n) is 13.1. The molecule has 14 heteroatoms. The van der Waals surface area contributed by atoms with Crippen molar-refractivity contribution in [3.05, 3.63) is 69.9 Å². The SMILES string of the molecule is CC(C)Cc1c(C(F)(F)F)cnc2cc(Cn3cccc(NC(=O)C(CC/C=C/C(=O)N(C)C)NC(=O)O)c3=O)[nH]c12. The minimum Gasteiger partial charge on any atom is -0.465 e. The number of hydrogen-bond donors (Lipinski definition) is 4. The van der Waals surface area contributed by atoms with E-state index in [1.54, 1.807) is 20.2 Å². The second-order valence-corrected chi connectivity index (χ2v) is 10.4. The van der Waals surface area contributed by atoms with E-state index in [0.717, 1.165) is 6.20 Å². The molecule has 0 saturated carbocycles.